The van der Waals surface area contributed by atoms with Crippen molar-refractivity contribution in [2.45, 2.75) is 18.9 Å². The lowest BCUT2D eigenvalue weighted by Crippen LogP contribution is -2.14. The molecule has 0 heterocycles. The number of ether oxygens (including phenoxy) is 1. The molecule has 0 saturated carbocycles. The first-order valence-electron chi connectivity index (χ1n) is 8.15. The summed E-state index contributed by atoms with van der Waals surface area (Å²) in [5.41, 5.74) is 2.32. The minimum absolute atomic E-state index is 0.250. The third kappa shape index (κ3) is 6.16. The van der Waals surface area contributed by atoms with E-state index in [1.807, 2.05) is 30.3 Å². The highest BCUT2D eigenvalue weighted by atomic mass is 32.2. The number of benzene rings is 2. The molecule has 0 aliphatic carbocycles. The van der Waals surface area contributed by atoms with E-state index in [4.69, 9.17) is 4.74 Å². The zero-order chi connectivity index (χ0) is 19.2. The molecule has 2 aromatic carbocycles. The number of methoxy groups -OCH3 is 1. The van der Waals surface area contributed by atoms with Crippen molar-refractivity contribution in [2.24, 2.45) is 0 Å². The number of aliphatic hydroxyl groups is 1. The molecule has 2 aromatic rings. The van der Waals surface area contributed by atoms with Crippen molar-refractivity contribution < 1.29 is 23.1 Å². The third-order valence-corrected chi connectivity index (χ3v) is 4.52. The van der Waals surface area contributed by atoms with E-state index in [2.05, 4.69) is 5.32 Å². The summed E-state index contributed by atoms with van der Waals surface area (Å²) in [5, 5.41) is 13.3. The van der Waals surface area contributed by atoms with Crippen molar-refractivity contribution in [2.75, 3.05) is 24.6 Å². The van der Waals surface area contributed by atoms with Gasteiger partial charge in [-0.25, -0.2) is 13.2 Å². The van der Waals surface area contributed by atoms with Gasteiger partial charge < -0.3 is 15.2 Å². The van der Waals surface area contributed by atoms with Crippen LogP contribution in [0.2, 0.25) is 0 Å². The van der Waals surface area contributed by atoms with Crippen LogP contribution in [0, 0.1) is 0 Å². The van der Waals surface area contributed by atoms with Crippen LogP contribution in [-0.2, 0) is 21.0 Å². The van der Waals surface area contributed by atoms with Gasteiger partial charge in [0.15, 0.2) is 9.84 Å². The molecule has 0 fully saturated rings. The molecule has 7 heteroatoms. The summed E-state index contributed by atoms with van der Waals surface area (Å²) >= 11 is 0. The van der Waals surface area contributed by atoms with E-state index in [0.717, 1.165) is 11.8 Å². The molecular formula is C19H23NO5S. The predicted molar refractivity (Wildman–Crippen MR) is 101 cm³/mol. The number of aryl methyl sites for hydroxylation is 1. The number of esters is 1. The summed E-state index contributed by atoms with van der Waals surface area (Å²) in [7, 11) is -1.96. The monoisotopic (exact) mass is 377 g/mol. The summed E-state index contributed by atoms with van der Waals surface area (Å²) in [6, 6.07) is 14.5. The maximum absolute atomic E-state index is 11.9. The Morgan fingerprint density at radius 3 is 2.50 bits per heavy atom. The van der Waals surface area contributed by atoms with E-state index in [1.54, 1.807) is 12.1 Å². The number of anilines is 1. The van der Waals surface area contributed by atoms with Crippen LogP contribution in [0.4, 0.5) is 5.69 Å². The lowest BCUT2D eigenvalue weighted by atomic mass is 9.99. The third-order valence-electron chi connectivity index (χ3n) is 3.85. The van der Waals surface area contributed by atoms with Crippen molar-refractivity contribution >= 4 is 21.5 Å². The zero-order valence-corrected chi connectivity index (χ0v) is 15.6. The summed E-state index contributed by atoms with van der Waals surface area (Å²) in [4.78, 5) is 11.9. The van der Waals surface area contributed by atoms with Gasteiger partial charge in [-0.05, 0) is 42.2 Å². The molecule has 0 aliphatic heterocycles. The van der Waals surface area contributed by atoms with Crippen molar-refractivity contribution in [3.05, 3.63) is 65.2 Å². The van der Waals surface area contributed by atoms with Crippen molar-refractivity contribution in [1.29, 1.82) is 0 Å². The summed E-state index contributed by atoms with van der Waals surface area (Å²) in [6.07, 6.45) is 1.47. The van der Waals surface area contributed by atoms with Gasteiger partial charge in [-0.3, -0.25) is 0 Å². The average molecular weight is 377 g/mol. The Bertz CT molecular complexity index is 849. The molecule has 6 nitrogen and oxygen atoms in total. The van der Waals surface area contributed by atoms with Gasteiger partial charge in [0.25, 0.3) is 0 Å². The van der Waals surface area contributed by atoms with Crippen molar-refractivity contribution in [3.63, 3.8) is 0 Å². The van der Waals surface area contributed by atoms with Crippen LogP contribution >= 0.6 is 0 Å². The van der Waals surface area contributed by atoms with Gasteiger partial charge in [-0.2, -0.15) is 0 Å². The van der Waals surface area contributed by atoms with Crippen LogP contribution in [0.3, 0.4) is 0 Å². The fraction of sp³-hybridized carbons (Fsp3) is 0.316. The molecule has 0 aliphatic rings. The van der Waals surface area contributed by atoms with E-state index in [1.165, 1.54) is 13.2 Å². The molecule has 26 heavy (non-hydrogen) atoms. The van der Waals surface area contributed by atoms with Gasteiger partial charge in [0, 0.05) is 11.9 Å². The Balaban J connectivity index is 2.20. The fourth-order valence-electron chi connectivity index (χ4n) is 2.51. The first-order chi connectivity index (χ1) is 12.3. The number of sulfone groups is 1. The van der Waals surface area contributed by atoms with Crippen LogP contribution in [0.25, 0.3) is 0 Å². The quantitative estimate of drug-likeness (QED) is 0.687. The number of rotatable bonds is 8. The maximum Gasteiger partial charge on any atom is 0.337 e. The average Bonchev–Trinajstić information content (AvgIpc) is 2.63. The number of nitrogens with one attached hydrogen (secondary N) is 1. The molecule has 0 radical (unpaired) electrons. The molecule has 0 spiro atoms. The number of hydrogen-bond acceptors (Lipinski definition) is 6. The standard InChI is InChI=1S/C19H23NO5S/c1-25-19(22)16-10-15(11-17(12-16)20-13-26(2,23)24)18(21)9-8-14-6-4-3-5-7-14/h3-7,10-12,18,20-21H,8-9,13H2,1-2H3. The van der Waals surface area contributed by atoms with Gasteiger partial charge in [0.05, 0.1) is 18.8 Å². The van der Waals surface area contributed by atoms with Crippen LogP contribution in [0.15, 0.2) is 48.5 Å². The van der Waals surface area contributed by atoms with Gasteiger partial charge >= 0.3 is 5.97 Å². The Labute approximate surface area is 153 Å². The largest absolute Gasteiger partial charge is 0.465 e. The van der Waals surface area contributed by atoms with Gasteiger partial charge in [0.2, 0.25) is 0 Å². The van der Waals surface area contributed by atoms with Gasteiger partial charge in [-0.15, -0.1) is 0 Å². The Morgan fingerprint density at radius 1 is 1.19 bits per heavy atom. The minimum atomic E-state index is -3.23. The molecular weight excluding hydrogens is 354 g/mol. The van der Waals surface area contributed by atoms with Crippen LogP contribution < -0.4 is 5.32 Å². The first-order valence-corrected chi connectivity index (χ1v) is 10.2. The highest BCUT2D eigenvalue weighted by Gasteiger charge is 2.15. The second kappa shape index (κ2) is 8.82. The minimum Gasteiger partial charge on any atom is -0.465 e. The molecule has 1 atom stereocenters. The van der Waals surface area contributed by atoms with E-state index >= 15 is 0 Å². The number of carbonyl (C=O) groups is 1. The Morgan fingerprint density at radius 2 is 1.88 bits per heavy atom. The molecule has 1 unspecified atom stereocenters. The zero-order valence-electron chi connectivity index (χ0n) is 14.8. The normalized spacial score (nSPS) is 12.4. The van der Waals surface area contributed by atoms with Crippen LogP contribution in [-0.4, -0.2) is 38.7 Å². The highest BCUT2D eigenvalue weighted by Crippen LogP contribution is 2.25. The number of aliphatic hydroxyl groups excluding tert-OH is 1. The lowest BCUT2D eigenvalue weighted by molar-refractivity contribution is 0.0600. The van der Waals surface area contributed by atoms with Crippen molar-refractivity contribution in [3.8, 4) is 0 Å². The van der Waals surface area contributed by atoms with Gasteiger partial charge in [0.1, 0.15) is 5.88 Å². The maximum atomic E-state index is 11.9. The smallest absolute Gasteiger partial charge is 0.337 e. The van der Waals surface area contributed by atoms with Crippen LogP contribution in [0.5, 0.6) is 0 Å². The molecule has 0 aromatic heterocycles. The number of hydrogen-bond donors (Lipinski definition) is 2. The number of carbonyl (C=O) groups excluding carboxylic acids is 1. The molecule has 2 rings (SSSR count). The van der Waals surface area contributed by atoms with E-state index in [9.17, 15) is 18.3 Å². The Kier molecular flexibility index (Phi) is 6.76. The SMILES string of the molecule is COC(=O)c1cc(NCS(C)(=O)=O)cc(C(O)CCc2ccccc2)c1. The lowest BCUT2D eigenvalue weighted by Gasteiger charge is -2.15. The summed E-state index contributed by atoms with van der Waals surface area (Å²) < 4.78 is 27.4. The topological polar surface area (TPSA) is 92.7 Å². The van der Waals surface area contributed by atoms with E-state index < -0.39 is 21.9 Å². The summed E-state index contributed by atoms with van der Waals surface area (Å²) in [6.45, 7) is 0. The fourth-order valence-corrected chi connectivity index (χ4v) is 2.94. The highest BCUT2D eigenvalue weighted by molar-refractivity contribution is 7.90. The molecule has 0 amide bonds. The summed E-state index contributed by atoms with van der Waals surface area (Å²) in [5.74, 6) is -0.818. The second-order valence-corrected chi connectivity index (χ2v) is 8.26. The second-order valence-electron chi connectivity index (χ2n) is 6.12. The molecule has 0 saturated heterocycles. The molecule has 2 N–H and O–H groups in total. The van der Waals surface area contributed by atoms with Crippen molar-refractivity contribution in [1.82, 2.24) is 0 Å². The van der Waals surface area contributed by atoms with Crippen LogP contribution in [0.1, 0.15) is 34.0 Å². The van der Waals surface area contributed by atoms with E-state index in [0.29, 0.717) is 24.1 Å². The van der Waals surface area contributed by atoms with E-state index in [-0.39, 0.29) is 11.4 Å². The molecule has 140 valence electrons. The van der Waals surface area contributed by atoms with Gasteiger partial charge in [-0.1, -0.05) is 30.3 Å². The Hall–Kier alpha value is -2.38. The molecule has 0 bridgehead atoms. The predicted octanol–water partition coefficient (Wildman–Crippen LogP) is 2.55. The first kappa shape index (κ1) is 19.9.